The van der Waals surface area contributed by atoms with Gasteiger partial charge in [-0.2, -0.15) is 0 Å². The van der Waals surface area contributed by atoms with Gasteiger partial charge in [-0.1, -0.05) is 54.2 Å². The lowest BCUT2D eigenvalue weighted by atomic mass is 10.2. The highest BCUT2D eigenvalue weighted by atomic mass is 32.2. The van der Waals surface area contributed by atoms with Crippen molar-refractivity contribution in [3.8, 4) is 17.1 Å². The van der Waals surface area contributed by atoms with Gasteiger partial charge in [0.05, 0.1) is 30.9 Å². The summed E-state index contributed by atoms with van der Waals surface area (Å²) in [6, 6.07) is 16.6. The van der Waals surface area contributed by atoms with Crippen molar-refractivity contribution in [1.29, 1.82) is 0 Å². The number of para-hydroxylation sites is 2. The quantitative estimate of drug-likeness (QED) is 0.318. The minimum atomic E-state index is -0.507. The van der Waals surface area contributed by atoms with Crippen LogP contribution in [0.4, 0.5) is 5.69 Å². The number of rotatable bonds is 8. The second-order valence-electron chi connectivity index (χ2n) is 6.44. The smallest absolute Gasteiger partial charge is 0.342 e. The summed E-state index contributed by atoms with van der Waals surface area (Å²) in [5.74, 6) is 0.347. The zero-order valence-electron chi connectivity index (χ0n) is 17.5. The molecule has 0 aliphatic heterocycles. The number of carbonyl (C=O) groups is 2. The molecule has 3 aromatic rings. The third-order valence-corrected chi connectivity index (χ3v) is 5.26. The van der Waals surface area contributed by atoms with Crippen molar-refractivity contribution in [2.45, 2.75) is 18.9 Å². The summed E-state index contributed by atoms with van der Waals surface area (Å²) in [7, 11) is 1.54. The third kappa shape index (κ3) is 5.61. The molecule has 0 atom stereocenters. The maximum atomic E-state index is 12.6. The minimum Gasteiger partial charge on any atom is -0.495 e. The van der Waals surface area contributed by atoms with Gasteiger partial charge >= 0.3 is 5.97 Å². The summed E-state index contributed by atoms with van der Waals surface area (Å²) >= 11 is 1.16. The molecule has 0 radical (unpaired) electrons. The number of anilines is 1. The Morgan fingerprint density at radius 1 is 1.03 bits per heavy atom. The van der Waals surface area contributed by atoms with Crippen molar-refractivity contribution in [1.82, 2.24) is 9.97 Å². The van der Waals surface area contributed by atoms with E-state index in [0.717, 1.165) is 17.3 Å². The largest absolute Gasteiger partial charge is 0.495 e. The highest BCUT2D eigenvalue weighted by Crippen LogP contribution is 2.28. The first-order valence-electron chi connectivity index (χ1n) is 9.70. The summed E-state index contributed by atoms with van der Waals surface area (Å²) < 4.78 is 10.4. The number of thioether (sulfide) groups is 1. The minimum absolute atomic E-state index is 0.0507. The van der Waals surface area contributed by atoms with Gasteiger partial charge < -0.3 is 14.8 Å². The molecule has 0 aliphatic rings. The van der Waals surface area contributed by atoms with Crippen molar-refractivity contribution < 1.29 is 19.1 Å². The van der Waals surface area contributed by atoms with E-state index < -0.39 is 5.97 Å². The lowest BCUT2D eigenvalue weighted by molar-refractivity contribution is -0.113. The molecule has 7 nitrogen and oxygen atoms in total. The summed E-state index contributed by atoms with van der Waals surface area (Å²) in [5.41, 5.74) is 2.17. The lowest BCUT2D eigenvalue weighted by Gasteiger charge is -2.13. The van der Waals surface area contributed by atoms with Gasteiger partial charge in [0.1, 0.15) is 16.3 Å². The van der Waals surface area contributed by atoms with Gasteiger partial charge in [0.25, 0.3) is 0 Å². The predicted molar refractivity (Wildman–Crippen MR) is 121 cm³/mol. The average Bonchev–Trinajstić information content (AvgIpc) is 2.78. The molecule has 160 valence electrons. The van der Waals surface area contributed by atoms with Crippen LogP contribution in [-0.2, 0) is 9.53 Å². The van der Waals surface area contributed by atoms with Gasteiger partial charge in [-0.05, 0) is 26.0 Å². The van der Waals surface area contributed by atoms with Crippen molar-refractivity contribution in [2.75, 3.05) is 24.8 Å². The molecule has 0 fully saturated rings. The lowest BCUT2D eigenvalue weighted by Crippen LogP contribution is -2.16. The van der Waals surface area contributed by atoms with Crippen molar-refractivity contribution in [3.63, 3.8) is 0 Å². The van der Waals surface area contributed by atoms with E-state index in [1.165, 1.54) is 0 Å². The normalized spacial score (nSPS) is 10.4. The number of esters is 1. The van der Waals surface area contributed by atoms with Crippen molar-refractivity contribution in [2.24, 2.45) is 0 Å². The fourth-order valence-corrected chi connectivity index (χ4v) is 3.74. The number of nitrogens with zero attached hydrogens (tertiary/aromatic N) is 2. The summed E-state index contributed by atoms with van der Waals surface area (Å²) in [6.45, 7) is 3.70. The number of hydrogen-bond donors (Lipinski definition) is 1. The molecule has 1 amide bonds. The molecule has 1 aromatic heterocycles. The first kappa shape index (κ1) is 22.3. The molecule has 0 bridgehead atoms. The maximum absolute atomic E-state index is 12.6. The second-order valence-corrected chi connectivity index (χ2v) is 7.40. The Hall–Kier alpha value is -3.39. The Morgan fingerprint density at radius 2 is 1.74 bits per heavy atom. The standard InChI is InChI=1S/C23H23N3O4S/c1-4-30-23(28)20-15(2)24-21(16-10-6-5-7-11-16)26-22(20)31-14-19(27)25-17-12-8-9-13-18(17)29-3/h5-13H,4,14H2,1-3H3,(H,25,27). The highest BCUT2D eigenvalue weighted by Gasteiger charge is 2.22. The van der Waals surface area contributed by atoms with E-state index in [2.05, 4.69) is 15.3 Å². The Labute approximate surface area is 185 Å². The maximum Gasteiger partial charge on any atom is 0.342 e. The van der Waals surface area contributed by atoms with E-state index in [-0.39, 0.29) is 23.8 Å². The van der Waals surface area contributed by atoms with Crippen molar-refractivity contribution in [3.05, 3.63) is 65.9 Å². The summed E-state index contributed by atoms with van der Waals surface area (Å²) in [4.78, 5) is 34.1. The van der Waals surface area contributed by atoms with Crippen molar-refractivity contribution >= 4 is 29.3 Å². The molecule has 0 aliphatic carbocycles. The average molecular weight is 438 g/mol. The predicted octanol–water partition coefficient (Wildman–Crippen LogP) is 4.37. The van der Waals surface area contributed by atoms with Crippen LogP contribution in [0, 0.1) is 6.92 Å². The second kappa shape index (κ2) is 10.6. The SMILES string of the molecule is CCOC(=O)c1c(C)nc(-c2ccccc2)nc1SCC(=O)Nc1ccccc1OC. The van der Waals surface area contributed by atoms with Crippen LogP contribution in [0.25, 0.3) is 11.4 Å². The van der Waals surface area contributed by atoms with Gasteiger partial charge in [-0.25, -0.2) is 14.8 Å². The first-order valence-corrected chi connectivity index (χ1v) is 10.7. The van der Waals surface area contributed by atoms with E-state index in [4.69, 9.17) is 9.47 Å². The van der Waals surface area contributed by atoms with Crippen LogP contribution >= 0.6 is 11.8 Å². The van der Waals surface area contributed by atoms with Crippen LogP contribution in [0.3, 0.4) is 0 Å². The molecular formula is C23H23N3O4S. The highest BCUT2D eigenvalue weighted by molar-refractivity contribution is 8.00. The van der Waals surface area contributed by atoms with Crippen LogP contribution in [0.2, 0.25) is 0 Å². The Kier molecular flexibility index (Phi) is 7.61. The van der Waals surface area contributed by atoms with E-state index >= 15 is 0 Å². The van der Waals surface area contributed by atoms with Crippen LogP contribution < -0.4 is 10.1 Å². The fourth-order valence-electron chi connectivity index (χ4n) is 2.87. The van der Waals surface area contributed by atoms with Gasteiger partial charge in [-0.15, -0.1) is 0 Å². The number of nitrogens with one attached hydrogen (secondary N) is 1. The topological polar surface area (TPSA) is 90.4 Å². The first-order chi connectivity index (χ1) is 15.0. The van der Waals surface area contributed by atoms with Gasteiger partial charge in [0.15, 0.2) is 5.82 Å². The van der Waals surface area contributed by atoms with E-state index in [9.17, 15) is 9.59 Å². The number of aromatic nitrogens is 2. The number of benzene rings is 2. The summed E-state index contributed by atoms with van der Waals surface area (Å²) in [5, 5.41) is 3.22. The van der Waals surface area contributed by atoms with Crippen LogP contribution in [-0.4, -0.2) is 41.3 Å². The Balaban J connectivity index is 1.86. The van der Waals surface area contributed by atoms with Crippen LogP contribution in [0.5, 0.6) is 5.75 Å². The zero-order valence-corrected chi connectivity index (χ0v) is 18.4. The number of hydrogen-bond acceptors (Lipinski definition) is 7. The number of aryl methyl sites for hydroxylation is 1. The molecule has 0 saturated heterocycles. The summed E-state index contributed by atoms with van der Waals surface area (Å²) in [6.07, 6.45) is 0. The molecule has 1 heterocycles. The zero-order chi connectivity index (χ0) is 22.2. The van der Waals surface area contributed by atoms with E-state index in [0.29, 0.717) is 28.0 Å². The van der Waals surface area contributed by atoms with Crippen LogP contribution in [0.15, 0.2) is 59.6 Å². The molecule has 0 saturated carbocycles. The third-order valence-electron chi connectivity index (χ3n) is 4.29. The van der Waals surface area contributed by atoms with E-state index in [1.54, 1.807) is 33.1 Å². The molecule has 8 heteroatoms. The Morgan fingerprint density at radius 3 is 2.45 bits per heavy atom. The number of methoxy groups -OCH3 is 1. The number of amides is 1. The molecule has 0 unspecified atom stereocenters. The molecule has 3 rings (SSSR count). The fraction of sp³-hybridized carbons (Fsp3) is 0.217. The molecular weight excluding hydrogens is 414 g/mol. The number of carbonyl (C=O) groups excluding carboxylic acids is 2. The Bertz CT molecular complexity index is 1070. The van der Waals surface area contributed by atoms with Gasteiger partial charge in [0, 0.05) is 5.56 Å². The monoisotopic (exact) mass is 437 g/mol. The molecule has 1 N–H and O–H groups in total. The van der Waals surface area contributed by atoms with Gasteiger partial charge in [0.2, 0.25) is 5.91 Å². The molecule has 2 aromatic carbocycles. The molecule has 0 spiro atoms. The van der Waals surface area contributed by atoms with E-state index in [1.807, 2.05) is 42.5 Å². The van der Waals surface area contributed by atoms with Crippen LogP contribution in [0.1, 0.15) is 23.0 Å². The molecule has 31 heavy (non-hydrogen) atoms. The van der Waals surface area contributed by atoms with Gasteiger partial charge in [-0.3, -0.25) is 4.79 Å². The number of ether oxygens (including phenoxy) is 2.